The lowest BCUT2D eigenvalue weighted by Crippen LogP contribution is -2.14. The second kappa shape index (κ2) is 12.9. The Bertz CT molecular complexity index is 456. The van der Waals surface area contributed by atoms with Gasteiger partial charge in [0.25, 0.3) is 0 Å². The lowest BCUT2D eigenvalue weighted by molar-refractivity contribution is 0.000119. The number of nitrogens with zero attached hydrogens (tertiary/aromatic N) is 1. The van der Waals surface area contributed by atoms with Crippen molar-refractivity contribution in [1.29, 1.82) is 0 Å². The van der Waals surface area contributed by atoms with Crippen LogP contribution >= 0.6 is 0 Å². The third-order valence-electron chi connectivity index (χ3n) is 3.61. The van der Waals surface area contributed by atoms with Crippen molar-refractivity contribution in [2.45, 2.75) is 13.8 Å². The molecule has 0 heterocycles. The Balaban J connectivity index is 2.08. The molecule has 0 radical (unpaired) electrons. The van der Waals surface area contributed by atoms with Gasteiger partial charge in [-0.2, -0.15) is 0 Å². The molecular formula is C19H33NO5. The van der Waals surface area contributed by atoms with Crippen molar-refractivity contribution in [2.75, 3.05) is 79.0 Å². The molecule has 1 rings (SSSR count). The lowest BCUT2D eigenvalue weighted by Gasteiger charge is -2.18. The summed E-state index contributed by atoms with van der Waals surface area (Å²) in [5, 5.41) is 0. The minimum absolute atomic E-state index is 0.531. The molecule has 0 unspecified atom stereocenters. The van der Waals surface area contributed by atoms with Crippen LogP contribution in [0.15, 0.2) is 12.1 Å². The monoisotopic (exact) mass is 355 g/mol. The standard InChI is InChI=1S/C19H33NO5/c1-16-14-18(20(3)4)15-17(2)19(16)25-13-12-24-11-10-23-9-8-22-7-6-21-5/h14-15H,6-13H2,1-5H3. The highest BCUT2D eigenvalue weighted by Crippen LogP contribution is 2.28. The lowest BCUT2D eigenvalue weighted by atomic mass is 10.1. The summed E-state index contributed by atoms with van der Waals surface area (Å²) in [6.07, 6.45) is 0. The van der Waals surface area contributed by atoms with E-state index in [9.17, 15) is 0 Å². The Kier molecular flexibility index (Phi) is 11.2. The molecule has 1 aromatic carbocycles. The van der Waals surface area contributed by atoms with E-state index in [2.05, 4.69) is 30.9 Å². The highest BCUT2D eigenvalue weighted by atomic mass is 16.6. The highest BCUT2D eigenvalue weighted by Gasteiger charge is 2.07. The molecule has 0 saturated heterocycles. The first-order valence-electron chi connectivity index (χ1n) is 8.69. The number of hydrogen-bond acceptors (Lipinski definition) is 6. The number of methoxy groups -OCH3 is 1. The van der Waals surface area contributed by atoms with E-state index in [1.54, 1.807) is 7.11 Å². The van der Waals surface area contributed by atoms with Gasteiger partial charge in [-0.1, -0.05) is 0 Å². The molecule has 0 aliphatic carbocycles. The van der Waals surface area contributed by atoms with Crippen LogP contribution in [0.5, 0.6) is 5.75 Å². The largest absolute Gasteiger partial charge is 0.491 e. The van der Waals surface area contributed by atoms with Gasteiger partial charge in [-0.3, -0.25) is 0 Å². The number of aryl methyl sites for hydroxylation is 2. The molecule has 0 N–H and O–H groups in total. The molecule has 0 aromatic heterocycles. The molecule has 0 aliphatic heterocycles. The fourth-order valence-corrected chi connectivity index (χ4v) is 2.30. The molecule has 0 amide bonds. The quantitative estimate of drug-likeness (QED) is 0.478. The van der Waals surface area contributed by atoms with Crippen molar-refractivity contribution < 1.29 is 23.7 Å². The van der Waals surface area contributed by atoms with E-state index in [0.29, 0.717) is 52.9 Å². The number of benzene rings is 1. The third-order valence-corrected chi connectivity index (χ3v) is 3.61. The zero-order valence-corrected chi connectivity index (χ0v) is 16.3. The SMILES string of the molecule is COCCOCCOCCOCCOc1c(C)cc(N(C)C)cc1C. The van der Waals surface area contributed by atoms with Gasteiger partial charge in [0.1, 0.15) is 12.4 Å². The van der Waals surface area contributed by atoms with Gasteiger partial charge in [0.05, 0.1) is 46.2 Å². The van der Waals surface area contributed by atoms with Gasteiger partial charge in [-0.15, -0.1) is 0 Å². The van der Waals surface area contributed by atoms with Crippen LogP contribution in [0, 0.1) is 13.8 Å². The summed E-state index contributed by atoms with van der Waals surface area (Å²) in [4.78, 5) is 2.09. The van der Waals surface area contributed by atoms with Crippen molar-refractivity contribution in [3.05, 3.63) is 23.3 Å². The first-order chi connectivity index (χ1) is 12.1. The van der Waals surface area contributed by atoms with Gasteiger partial charge >= 0.3 is 0 Å². The van der Waals surface area contributed by atoms with E-state index < -0.39 is 0 Å². The number of anilines is 1. The van der Waals surface area contributed by atoms with E-state index in [1.165, 1.54) is 5.69 Å². The average molecular weight is 355 g/mol. The minimum Gasteiger partial charge on any atom is -0.491 e. The first kappa shape index (κ1) is 21.7. The summed E-state index contributed by atoms with van der Waals surface area (Å²) in [5.74, 6) is 0.943. The molecule has 0 spiro atoms. The normalized spacial score (nSPS) is 10.9. The minimum atomic E-state index is 0.531. The summed E-state index contributed by atoms with van der Waals surface area (Å²) >= 11 is 0. The van der Waals surface area contributed by atoms with Crippen LogP contribution in [-0.4, -0.2) is 74.1 Å². The maximum atomic E-state index is 5.87. The van der Waals surface area contributed by atoms with Crippen LogP contribution in [0.2, 0.25) is 0 Å². The van der Waals surface area contributed by atoms with E-state index in [4.69, 9.17) is 23.7 Å². The molecule has 0 saturated carbocycles. The van der Waals surface area contributed by atoms with E-state index in [1.807, 2.05) is 14.1 Å². The van der Waals surface area contributed by atoms with Crippen LogP contribution in [0.1, 0.15) is 11.1 Å². The Hall–Kier alpha value is -1.34. The molecule has 144 valence electrons. The third kappa shape index (κ3) is 9.07. The predicted octanol–water partition coefficient (Wildman–Crippen LogP) is 2.44. The Morgan fingerprint density at radius 2 is 1.16 bits per heavy atom. The van der Waals surface area contributed by atoms with Crippen molar-refractivity contribution in [3.8, 4) is 5.75 Å². The Morgan fingerprint density at radius 3 is 1.60 bits per heavy atom. The van der Waals surface area contributed by atoms with E-state index >= 15 is 0 Å². The molecule has 6 nitrogen and oxygen atoms in total. The van der Waals surface area contributed by atoms with Crippen molar-refractivity contribution in [3.63, 3.8) is 0 Å². The van der Waals surface area contributed by atoms with Gasteiger partial charge in [-0.25, -0.2) is 0 Å². The summed E-state index contributed by atoms with van der Waals surface area (Å²) < 4.78 is 27.0. The fourth-order valence-electron chi connectivity index (χ4n) is 2.30. The van der Waals surface area contributed by atoms with Gasteiger partial charge in [-0.05, 0) is 37.1 Å². The van der Waals surface area contributed by atoms with Gasteiger partial charge < -0.3 is 28.6 Å². The van der Waals surface area contributed by atoms with E-state index in [0.717, 1.165) is 16.9 Å². The van der Waals surface area contributed by atoms with Crippen LogP contribution in [0.4, 0.5) is 5.69 Å². The number of rotatable bonds is 14. The van der Waals surface area contributed by atoms with Crippen molar-refractivity contribution in [2.24, 2.45) is 0 Å². The predicted molar refractivity (Wildman–Crippen MR) is 100 cm³/mol. The van der Waals surface area contributed by atoms with Crippen LogP contribution in [0.3, 0.4) is 0 Å². The van der Waals surface area contributed by atoms with Crippen LogP contribution in [0.25, 0.3) is 0 Å². The summed E-state index contributed by atoms with van der Waals surface area (Å²) in [6, 6.07) is 4.26. The van der Waals surface area contributed by atoms with E-state index in [-0.39, 0.29) is 0 Å². The first-order valence-corrected chi connectivity index (χ1v) is 8.69. The molecule has 0 atom stereocenters. The summed E-state index contributed by atoms with van der Waals surface area (Å²) in [5.41, 5.74) is 3.46. The molecule has 0 fully saturated rings. The molecule has 1 aromatic rings. The molecule has 0 aliphatic rings. The molecule has 0 bridgehead atoms. The van der Waals surface area contributed by atoms with Crippen LogP contribution < -0.4 is 9.64 Å². The fraction of sp³-hybridized carbons (Fsp3) is 0.684. The van der Waals surface area contributed by atoms with Gasteiger partial charge in [0.2, 0.25) is 0 Å². The second-order valence-corrected chi connectivity index (χ2v) is 5.98. The zero-order chi connectivity index (χ0) is 18.5. The van der Waals surface area contributed by atoms with Crippen molar-refractivity contribution in [1.82, 2.24) is 0 Å². The summed E-state index contributed by atoms with van der Waals surface area (Å²) in [6.45, 7) is 8.68. The number of hydrogen-bond donors (Lipinski definition) is 0. The smallest absolute Gasteiger partial charge is 0.125 e. The topological polar surface area (TPSA) is 49.4 Å². The summed E-state index contributed by atoms with van der Waals surface area (Å²) in [7, 11) is 5.73. The molecule has 6 heteroatoms. The zero-order valence-electron chi connectivity index (χ0n) is 16.3. The highest BCUT2D eigenvalue weighted by molar-refractivity contribution is 5.55. The Morgan fingerprint density at radius 1 is 0.720 bits per heavy atom. The second-order valence-electron chi connectivity index (χ2n) is 5.98. The molecule has 25 heavy (non-hydrogen) atoms. The maximum Gasteiger partial charge on any atom is 0.125 e. The average Bonchev–Trinajstić information content (AvgIpc) is 2.57. The van der Waals surface area contributed by atoms with Gasteiger partial charge in [0, 0.05) is 26.9 Å². The van der Waals surface area contributed by atoms with Crippen LogP contribution in [-0.2, 0) is 18.9 Å². The van der Waals surface area contributed by atoms with Gasteiger partial charge in [0.15, 0.2) is 0 Å². The Labute approximate surface area is 152 Å². The maximum absolute atomic E-state index is 5.87. The molecular weight excluding hydrogens is 322 g/mol. The number of ether oxygens (including phenoxy) is 5. The van der Waals surface area contributed by atoms with Crippen molar-refractivity contribution >= 4 is 5.69 Å².